The van der Waals surface area contributed by atoms with Crippen LogP contribution in [0, 0.1) is 0 Å². The third kappa shape index (κ3) is 16.1. The fraction of sp³-hybridized carbons (Fsp3) is 0.870. The Morgan fingerprint density at radius 2 is 1.44 bits per heavy atom. The van der Waals surface area contributed by atoms with Crippen LogP contribution in [-0.2, 0) is 14.0 Å². The topological polar surface area (TPSA) is 35.5 Å². The number of hydrogen-bond donors (Lipinski definition) is 0. The van der Waals surface area contributed by atoms with Crippen LogP contribution in [0.15, 0.2) is 12.2 Å². The Morgan fingerprint density at radius 1 is 0.852 bits per heavy atom. The molecule has 0 aliphatic carbocycles. The van der Waals surface area contributed by atoms with Gasteiger partial charge in [-0.25, -0.2) is 4.79 Å². The van der Waals surface area contributed by atoms with Gasteiger partial charge in [-0.3, -0.25) is 0 Å². The number of rotatable bonds is 18. The van der Waals surface area contributed by atoms with E-state index in [1.54, 1.807) is 0 Å². The summed E-state index contributed by atoms with van der Waals surface area (Å²) in [7, 11) is -1.80. The first-order valence-electron chi connectivity index (χ1n) is 11.5. The molecular weight excluding hydrogens is 352 g/mol. The number of esters is 1. The minimum atomic E-state index is -1.80. The Hall–Kier alpha value is -0.613. The molecule has 0 saturated heterocycles. The molecule has 27 heavy (non-hydrogen) atoms. The van der Waals surface area contributed by atoms with Gasteiger partial charge in [-0.2, -0.15) is 0 Å². The summed E-state index contributed by atoms with van der Waals surface area (Å²) in [5.74, 6) is -0.185. The Kier molecular flexibility index (Phi) is 17.1. The maximum Gasteiger partial charge on any atom is 0.334 e. The van der Waals surface area contributed by atoms with Crippen molar-refractivity contribution < 1.29 is 14.0 Å². The first-order valence-corrected chi connectivity index (χ1v) is 14.6. The van der Waals surface area contributed by atoms with Crippen molar-refractivity contribution in [2.75, 3.05) is 6.61 Å². The van der Waals surface area contributed by atoms with Crippen LogP contribution in [0.2, 0.25) is 19.1 Å². The van der Waals surface area contributed by atoms with Crippen LogP contribution in [-0.4, -0.2) is 27.0 Å². The molecular formula is C23H46O3Si. The number of carbonyl (C=O) groups excluding carboxylic acids is 1. The van der Waals surface area contributed by atoms with Crippen LogP contribution in [0.5, 0.6) is 0 Å². The SMILES string of the molecule is CCCCCCCCCC=CCCC(O[Si](C)(C)CCCC)C(=O)OCC. The van der Waals surface area contributed by atoms with Crippen molar-refractivity contribution in [3.05, 3.63) is 12.2 Å². The second-order valence-electron chi connectivity index (χ2n) is 8.18. The molecule has 0 spiro atoms. The molecule has 0 aliphatic heterocycles. The standard InChI is InChI=1S/C23H46O3Si/c1-6-9-11-12-13-14-15-16-17-18-19-20-22(23(24)25-8-3)26-27(4,5)21-10-7-2/h17-18,22H,6-16,19-21H2,1-5H3. The zero-order chi connectivity index (χ0) is 20.4. The molecule has 0 fully saturated rings. The molecule has 3 nitrogen and oxygen atoms in total. The fourth-order valence-electron chi connectivity index (χ4n) is 3.21. The number of unbranched alkanes of at least 4 members (excludes halogenated alkanes) is 8. The van der Waals surface area contributed by atoms with Crippen molar-refractivity contribution in [2.24, 2.45) is 0 Å². The molecule has 0 amide bonds. The number of carbonyl (C=O) groups is 1. The highest BCUT2D eigenvalue weighted by molar-refractivity contribution is 6.71. The number of allylic oxidation sites excluding steroid dienone is 2. The lowest BCUT2D eigenvalue weighted by Crippen LogP contribution is -2.40. The highest BCUT2D eigenvalue weighted by atomic mass is 28.4. The first kappa shape index (κ1) is 26.4. The summed E-state index contributed by atoms with van der Waals surface area (Å²) in [4.78, 5) is 12.3. The van der Waals surface area contributed by atoms with Crippen molar-refractivity contribution in [3.8, 4) is 0 Å². The highest BCUT2D eigenvalue weighted by Crippen LogP contribution is 2.20. The van der Waals surface area contributed by atoms with Crippen molar-refractivity contribution in [1.82, 2.24) is 0 Å². The average molecular weight is 399 g/mol. The maximum absolute atomic E-state index is 12.3. The molecule has 0 aliphatic rings. The third-order valence-corrected chi connectivity index (χ3v) is 7.36. The third-order valence-electron chi connectivity index (χ3n) is 4.88. The van der Waals surface area contributed by atoms with E-state index in [9.17, 15) is 4.79 Å². The number of ether oxygens (including phenoxy) is 1. The maximum atomic E-state index is 12.3. The number of hydrogen-bond acceptors (Lipinski definition) is 3. The van der Waals surface area contributed by atoms with E-state index in [0.29, 0.717) is 6.61 Å². The minimum absolute atomic E-state index is 0.185. The van der Waals surface area contributed by atoms with Crippen LogP contribution in [0.1, 0.15) is 97.8 Å². The van der Waals surface area contributed by atoms with E-state index < -0.39 is 14.4 Å². The second-order valence-corrected chi connectivity index (χ2v) is 12.4. The molecule has 4 heteroatoms. The van der Waals surface area contributed by atoms with Crippen molar-refractivity contribution in [2.45, 2.75) is 123 Å². The lowest BCUT2D eigenvalue weighted by Gasteiger charge is -2.28. The van der Waals surface area contributed by atoms with Crippen LogP contribution < -0.4 is 0 Å². The molecule has 0 N–H and O–H groups in total. The molecule has 0 saturated carbocycles. The normalized spacial score (nSPS) is 13.2. The molecule has 0 aromatic rings. The molecule has 160 valence electrons. The monoisotopic (exact) mass is 398 g/mol. The Balaban J connectivity index is 4.12. The van der Waals surface area contributed by atoms with E-state index in [1.807, 2.05) is 6.92 Å². The molecule has 1 unspecified atom stereocenters. The average Bonchev–Trinajstić information content (AvgIpc) is 2.63. The zero-order valence-corrected chi connectivity index (χ0v) is 19.9. The molecule has 0 aromatic heterocycles. The van der Waals surface area contributed by atoms with E-state index in [1.165, 1.54) is 57.8 Å². The van der Waals surface area contributed by atoms with Gasteiger partial charge in [0, 0.05) is 0 Å². The molecule has 0 bridgehead atoms. The zero-order valence-electron chi connectivity index (χ0n) is 18.9. The molecule has 0 aromatic carbocycles. The lowest BCUT2D eigenvalue weighted by molar-refractivity contribution is -0.152. The van der Waals surface area contributed by atoms with E-state index in [-0.39, 0.29) is 5.97 Å². The summed E-state index contributed by atoms with van der Waals surface area (Å²) in [5.41, 5.74) is 0. The van der Waals surface area contributed by atoms with Crippen molar-refractivity contribution in [3.63, 3.8) is 0 Å². The Morgan fingerprint density at radius 3 is 2.07 bits per heavy atom. The van der Waals surface area contributed by atoms with Gasteiger partial charge < -0.3 is 9.16 Å². The summed E-state index contributed by atoms with van der Waals surface area (Å²) >= 11 is 0. The smallest absolute Gasteiger partial charge is 0.334 e. The van der Waals surface area contributed by atoms with Crippen LogP contribution in [0.3, 0.4) is 0 Å². The van der Waals surface area contributed by atoms with E-state index >= 15 is 0 Å². The molecule has 0 radical (unpaired) electrons. The molecule has 0 heterocycles. The van der Waals surface area contributed by atoms with Crippen molar-refractivity contribution in [1.29, 1.82) is 0 Å². The summed E-state index contributed by atoms with van der Waals surface area (Å²) in [6, 6.07) is 1.10. The van der Waals surface area contributed by atoms with Gasteiger partial charge in [-0.15, -0.1) is 0 Å². The molecule has 1 atom stereocenters. The van der Waals surface area contributed by atoms with E-state index in [2.05, 4.69) is 39.1 Å². The summed E-state index contributed by atoms with van der Waals surface area (Å²) < 4.78 is 11.5. The van der Waals surface area contributed by atoms with Gasteiger partial charge in [0.2, 0.25) is 0 Å². The molecule has 0 rings (SSSR count). The first-order chi connectivity index (χ1) is 13.0. The Labute approximate surface area is 170 Å². The summed E-state index contributed by atoms with van der Waals surface area (Å²) in [6.45, 7) is 11.2. The van der Waals surface area contributed by atoms with E-state index in [0.717, 1.165) is 25.3 Å². The summed E-state index contributed by atoms with van der Waals surface area (Å²) in [5, 5.41) is 0. The lowest BCUT2D eigenvalue weighted by atomic mass is 10.1. The largest absolute Gasteiger partial charge is 0.464 e. The van der Waals surface area contributed by atoms with Gasteiger partial charge in [0.25, 0.3) is 0 Å². The van der Waals surface area contributed by atoms with Crippen LogP contribution in [0.25, 0.3) is 0 Å². The highest BCUT2D eigenvalue weighted by Gasteiger charge is 2.30. The van der Waals surface area contributed by atoms with Gasteiger partial charge in [0.1, 0.15) is 6.10 Å². The van der Waals surface area contributed by atoms with E-state index in [4.69, 9.17) is 9.16 Å². The minimum Gasteiger partial charge on any atom is -0.464 e. The van der Waals surface area contributed by atoms with Crippen LogP contribution in [0.4, 0.5) is 0 Å². The Bertz CT molecular complexity index is 380. The predicted octanol–water partition coefficient (Wildman–Crippen LogP) is 7.42. The van der Waals surface area contributed by atoms with Gasteiger partial charge in [-0.1, -0.05) is 77.4 Å². The van der Waals surface area contributed by atoms with Gasteiger partial charge in [0.15, 0.2) is 8.32 Å². The van der Waals surface area contributed by atoms with Crippen LogP contribution >= 0.6 is 0 Å². The summed E-state index contributed by atoms with van der Waals surface area (Å²) in [6.07, 6.45) is 18.6. The predicted molar refractivity (Wildman–Crippen MR) is 120 cm³/mol. The quantitative estimate of drug-likeness (QED) is 0.104. The van der Waals surface area contributed by atoms with Gasteiger partial charge >= 0.3 is 5.97 Å². The fourth-order valence-corrected chi connectivity index (χ4v) is 5.52. The van der Waals surface area contributed by atoms with Gasteiger partial charge in [0.05, 0.1) is 6.61 Å². The van der Waals surface area contributed by atoms with Crippen molar-refractivity contribution >= 4 is 14.3 Å². The second kappa shape index (κ2) is 17.5. The van der Waals surface area contributed by atoms with Gasteiger partial charge in [-0.05, 0) is 51.7 Å².